The van der Waals surface area contributed by atoms with Crippen molar-refractivity contribution in [3.8, 4) is 0 Å². The Hall–Kier alpha value is -1.26. The molecule has 2 aromatic rings. The number of aromatic nitrogens is 2. The third-order valence-corrected chi connectivity index (χ3v) is 5.73. The number of rotatable bonds is 7. The van der Waals surface area contributed by atoms with Gasteiger partial charge in [0.15, 0.2) is 5.96 Å². The highest BCUT2D eigenvalue weighted by molar-refractivity contribution is 14.0. The van der Waals surface area contributed by atoms with Gasteiger partial charge in [0.25, 0.3) is 0 Å². The van der Waals surface area contributed by atoms with Gasteiger partial charge < -0.3 is 10.6 Å². The zero-order valence-corrected chi connectivity index (χ0v) is 19.9. The molecule has 154 valence electrons. The van der Waals surface area contributed by atoms with Crippen molar-refractivity contribution in [2.75, 3.05) is 19.6 Å². The van der Waals surface area contributed by atoms with Crippen LogP contribution in [0.4, 0.5) is 0 Å². The van der Waals surface area contributed by atoms with E-state index in [4.69, 9.17) is 4.99 Å². The van der Waals surface area contributed by atoms with Crippen molar-refractivity contribution in [1.82, 2.24) is 25.5 Å². The van der Waals surface area contributed by atoms with Gasteiger partial charge in [-0.15, -0.1) is 35.3 Å². The van der Waals surface area contributed by atoms with Crippen LogP contribution >= 0.6 is 35.3 Å². The Kier molecular flexibility index (Phi) is 10.1. The van der Waals surface area contributed by atoms with Crippen molar-refractivity contribution >= 4 is 41.3 Å². The highest BCUT2D eigenvalue weighted by Crippen LogP contribution is 2.13. The van der Waals surface area contributed by atoms with Crippen LogP contribution < -0.4 is 10.6 Å². The van der Waals surface area contributed by atoms with Gasteiger partial charge in [0.2, 0.25) is 0 Å². The predicted octanol–water partition coefficient (Wildman–Crippen LogP) is 3.44. The van der Waals surface area contributed by atoms with Crippen LogP contribution in [0, 0.1) is 0 Å². The van der Waals surface area contributed by atoms with E-state index in [2.05, 4.69) is 56.9 Å². The van der Waals surface area contributed by atoms with Crippen molar-refractivity contribution in [2.24, 2.45) is 4.99 Å². The molecule has 1 saturated heterocycles. The molecule has 0 saturated carbocycles. The fourth-order valence-electron chi connectivity index (χ4n) is 3.21. The number of thiazole rings is 1. The highest BCUT2D eigenvalue weighted by atomic mass is 127. The summed E-state index contributed by atoms with van der Waals surface area (Å²) >= 11 is 1.72. The van der Waals surface area contributed by atoms with Crippen LogP contribution in [-0.2, 0) is 19.5 Å². The van der Waals surface area contributed by atoms with E-state index in [0.29, 0.717) is 12.6 Å². The van der Waals surface area contributed by atoms with Gasteiger partial charge in [0.1, 0.15) is 0 Å². The Morgan fingerprint density at radius 2 is 2.07 bits per heavy atom. The fourth-order valence-corrected chi connectivity index (χ4v) is 3.95. The maximum Gasteiger partial charge on any atom is 0.191 e. The maximum absolute atomic E-state index is 4.73. The summed E-state index contributed by atoms with van der Waals surface area (Å²) in [6.07, 6.45) is 5.10. The Morgan fingerprint density at radius 1 is 1.25 bits per heavy atom. The van der Waals surface area contributed by atoms with Crippen molar-refractivity contribution < 1.29 is 0 Å². The summed E-state index contributed by atoms with van der Waals surface area (Å²) in [6, 6.07) is 6.59. The molecule has 2 aromatic heterocycles. The van der Waals surface area contributed by atoms with Crippen LogP contribution in [0.2, 0.25) is 0 Å². The molecule has 0 amide bonds. The topological polar surface area (TPSA) is 65.4 Å². The summed E-state index contributed by atoms with van der Waals surface area (Å²) < 4.78 is 0. The Bertz CT molecular complexity index is 712. The van der Waals surface area contributed by atoms with E-state index in [1.165, 1.54) is 5.01 Å². The van der Waals surface area contributed by atoms with Gasteiger partial charge in [0, 0.05) is 43.8 Å². The van der Waals surface area contributed by atoms with Crippen LogP contribution in [0.25, 0.3) is 0 Å². The minimum atomic E-state index is 0. The Labute approximate surface area is 189 Å². The SMILES string of the molecule is CCNC(=NCc1csc(CC)n1)NC1CCN(Cc2ccccn2)CC1.I. The van der Waals surface area contributed by atoms with Gasteiger partial charge in [-0.1, -0.05) is 13.0 Å². The summed E-state index contributed by atoms with van der Waals surface area (Å²) in [5.41, 5.74) is 2.20. The number of guanidine groups is 1. The number of aryl methyl sites for hydroxylation is 1. The molecule has 0 aliphatic carbocycles. The summed E-state index contributed by atoms with van der Waals surface area (Å²) in [7, 11) is 0. The molecule has 0 bridgehead atoms. The lowest BCUT2D eigenvalue weighted by Gasteiger charge is -2.32. The monoisotopic (exact) mass is 514 g/mol. The third-order valence-electron chi connectivity index (χ3n) is 4.69. The minimum absolute atomic E-state index is 0. The molecule has 3 rings (SSSR count). The van der Waals surface area contributed by atoms with Crippen molar-refractivity contribution in [1.29, 1.82) is 0 Å². The van der Waals surface area contributed by atoms with Gasteiger partial charge in [-0.05, 0) is 38.3 Å². The summed E-state index contributed by atoms with van der Waals surface area (Å²) in [4.78, 5) is 16.2. The predicted molar refractivity (Wildman–Crippen MR) is 127 cm³/mol. The van der Waals surface area contributed by atoms with Crippen LogP contribution in [0.15, 0.2) is 34.8 Å². The molecule has 0 unspecified atom stereocenters. The average Bonchev–Trinajstić information content (AvgIpc) is 3.17. The standard InChI is InChI=1S/C20H30N6S.HI/c1-3-19-24-18(15-27-19)13-23-20(21-4-2)25-16-8-11-26(12-9-16)14-17-7-5-6-10-22-17;/h5-7,10,15-16H,3-4,8-9,11-14H2,1-2H3,(H2,21,23,25);1H. The van der Waals surface area contributed by atoms with Crippen molar-refractivity contribution in [3.63, 3.8) is 0 Å². The van der Waals surface area contributed by atoms with Gasteiger partial charge in [-0.2, -0.15) is 0 Å². The van der Waals surface area contributed by atoms with Gasteiger partial charge in [-0.25, -0.2) is 9.98 Å². The van der Waals surface area contributed by atoms with E-state index in [-0.39, 0.29) is 24.0 Å². The summed E-state index contributed by atoms with van der Waals surface area (Å²) in [5.74, 6) is 0.895. The third kappa shape index (κ3) is 7.29. The molecule has 1 aliphatic heterocycles. The average molecular weight is 514 g/mol. The molecule has 0 radical (unpaired) electrons. The largest absolute Gasteiger partial charge is 0.357 e. The lowest BCUT2D eigenvalue weighted by Crippen LogP contribution is -2.48. The molecule has 0 spiro atoms. The van der Waals surface area contributed by atoms with E-state index in [9.17, 15) is 0 Å². The minimum Gasteiger partial charge on any atom is -0.357 e. The number of halogens is 1. The Morgan fingerprint density at radius 3 is 2.71 bits per heavy atom. The first-order chi connectivity index (χ1) is 13.3. The first-order valence-corrected chi connectivity index (χ1v) is 10.7. The first-order valence-electron chi connectivity index (χ1n) is 9.87. The zero-order valence-electron chi connectivity index (χ0n) is 16.7. The maximum atomic E-state index is 4.73. The molecular formula is C20H31IN6S. The van der Waals surface area contributed by atoms with Gasteiger partial charge in [-0.3, -0.25) is 9.88 Å². The number of hydrogen-bond donors (Lipinski definition) is 2. The molecule has 8 heteroatoms. The number of piperidine rings is 1. The number of nitrogens with one attached hydrogen (secondary N) is 2. The number of aliphatic imine (C=N–C) groups is 1. The number of nitrogens with zero attached hydrogens (tertiary/aromatic N) is 4. The summed E-state index contributed by atoms with van der Waals surface area (Å²) in [5, 5.41) is 10.3. The molecule has 1 fully saturated rings. The summed E-state index contributed by atoms with van der Waals surface area (Å²) in [6.45, 7) is 8.83. The van der Waals surface area contributed by atoms with Gasteiger partial charge in [0.05, 0.1) is 22.9 Å². The molecule has 0 aromatic carbocycles. The number of hydrogen-bond acceptors (Lipinski definition) is 5. The van der Waals surface area contributed by atoms with Crippen LogP contribution in [-0.4, -0.2) is 46.5 Å². The molecule has 1 aliphatic rings. The molecule has 2 N–H and O–H groups in total. The second-order valence-corrected chi connectivity index (χ2v) is 7.74. The fraction of sp³-hybridized carbons (Fsp3) is 0.550. The quantitative estimate of drug-likeness (QED) is 0.337. The molecule has 0 atom stereocenters. The lowest BCUT2D eigenvalue weighted by atomic mass is 10.0. The van der Waals surface area contributed by atoms with E-state index in [1.807, 2.05) is 12.3 Å². The molecular weight excluding hydrogens is 483 g/mol. The van der Waals surface area contributed by atoms with Crippen molar-refractivity contribution in [3.05, 3.63) is 46.2 Å². The van der Waals surface area contributed by atoms with Gasteiger partial charge >= 0.3 is 0 Å². The van der Waals surface area contributed by atoms with E-state index in [1.54, 1.807) is 11.3 Å². The normalized spacial score (nSPS) is 15.9. The van der Waals surface area contributed by atoms with E-state index >= 15 is 0 Å². The van der Waals surface area contributed by atoms with E-state index < -0.39 is 0 Å². The molecule has 3 heterocycles. The number of likely N-dealkylation sites (tertiary alicyclic amines) is 1. The zero-order chi connectivity index (χ0) is 18.9. The highest BCUT2D eigenvalue weighted by Gasteiger charge is 2.20. The van der Waals surface area contributed by atoms with Crippen LogP contribution in [0.5, 0.6) is 0 Å². The smallest absolute Gasteiger partial charge is 0.191 e. The molecule has 28 heavy (non-hydrogen) atoms. The van der Waals surface area contributed by atoms with E-state index in [0.717, 1.165) is 62.8 Å². The Balaban J connectivity index is 0.00000280. The van der Waals surface area contributed by atoms with Crippen LogP contribution in [0.1, 0.15) is 43.1 Å². The molecule has 6 nitrogen and oxygen atoms in total. The van der Waals surface area contributed by atoms with Crippen molar-refractivity contribution in [2.45, 2.75) is 52.2 Å². The second-order valence-electron chi connectivity index (χ2n) is 6.80. The van der Waals surface area contributed by atoms with Crippen LogP contribution in [0.3, 0.4) is 0 Å². The second kappa shape index (κ2) is 12.3. The first kappa shape index (κ1) is 23.0. The lowest BCUT2D eigenvalue weighted by molar-refractivity contribution is 0.196. The number of pyridine rings is 1.